The van der Waals surface area contributed by atoms with Gasteiger partial charge in [-0.15, -0.1) is 0 Å². The highest BCUT2D eigenvalue weighted by Crippen LogP contribution is 2.36. The van der Waals surface area contributed by atoms with E-state index in [0.29, 0.717) is 22.5 Å². The number of rotatable bonds is 5. The maximum Gasteiger partial charge on any atom is 0.282 e. The highest BCUT2D eigenvalue weighted by Gasteiger charge is 2.41. The minimum Gasteiger partial charge on any atom is -0.350 e. The lowest BCUT2D eigenvalue weighted by atomic mass is 10.0. The number of benzene rings is 3. The van der Waals surface area contributed by atoms with Gasteiger partial charge in [-0.2, -0.15) is 0 Å². The van der Waals surface area contributed by atoms with E-state index in [-0.39, 0.29) is 11.6 Å². The molecule has 4 rings (SSSR count). The van der Waals surface area contributed by atoms with Crippen LogP contribution >= 0.6 is 0 Å². The van der Waals surface area contributed by atoms with Crippen LogP contribution in [0.5, 0.6) is 0 Å². The van der Waals surface area contributed by atoms with Crippen LogP contribution in [-0.2, 0) is 14.4 Å². The van der Waals surface area contributed by atoms with Crippen molar-refractivity contribution in [2.45, 2.75) is 34.6 Å². The van der Waals surface area contributed by atoms with Gasteiger partial charge < -0.3 is 10.6 Å². The van der Waals surface area contributed by atoms with E-state index >= 15 is 0 Å². The van der Waals surface area contributed by atoms with Gasteiger partial charge in [-0.25, -0.2) is 4.90 Å². The van der Waals surface area contributed by atoms with E-state index in [1.165, 1.54) is 11.8 Å². The van der Waals surface area contributed by atoms with Crippen molar-refractivity contribution in [1.82, 2.24) is 0 Å². The third-order valence-electron chi connectivity index (χ3n) is 6.04. The average molecular weight is 454 g/mol. The number of nitrogens with zero attached hydrogens (tertiary/aromatic N) is 1. The van der Waals surface area contributed by atoms with Gasteiger partial charge in [0.05, 0.1) is 11.3 Å². The molecule has 3 amide bonds. The van der Waals surface area contributed by atoms with Gasteiger partial charge in [-0.1, -0.05) is 42.0 Å². The van der Waals surface area contributed by atoms with E-state index in [1.54, 1.807) is 30.3 Å². The Morgan fingerprint density at radius 1 is 0.824 bits per heavy atom. The molecule has 0 bridgehead atoms. The smallest absolute Gasteiger partial charge is 0.282 e. The van der Waals surface area contributed by atoms with Gasteiger partial charge in [-0.05, 0) is 74.2 Å². The summed E-state index contributed by atoms with van der Waals surface area (Å²) in [4.78, 5) is 40.0. The normalized spacial score (nSPS) is 13.5. The van der Waals surface area contributed by atoms with E-state index in [4.69, 9.17) is 0 Å². The van der Waals surface area contributed by atoms with E-state index < -0.39 is 11.8 Å². The van der Waals surface area contributed by atoms with Crippen LogP contribution in [0.2, 0.25) is 0 Å². The maximum atomic E-state index is 13.7. The molecule has 0 radical (unpaired) electrons. The topological polar surface area (TPSA) is 78.5 Å². The molecule has 0 aromatic heterocycles. The molecule has 0 fully saturated rings. The Hall–Kier alpha value is -4.19. The number of hydrogen-bond acceptors (Lipinski definition) is 4. The second-order valence-electron chi connectivity index (χ2n) is 8.62. The molecule has 0 saturated heterocycles. The Kier molecular flexibility index (Phi) is 6.07. The first-order valence-corrected chi connectivity index (χ1v) is 11.1. The first-order chi connectivity index (χ1) is 16.2. The fourth-order valence-corrected chi connectivity index (χ4v) is 4.12. The van der Waals surface area contributed by atoms with Crippen LogP contribution < -0.4 is 15.5 Å². The van der Waals surface area contributed by atoms with Crippen molar-refractivity contribution < 1.29 is 14.4 Å². The standard InChI is InChI=1S/C28H27N3O3/c1-16-9-14-23(18(3)15-16)30-26-25(21-10-12-22(13-11-21)29-20(5)32)27(33)31(28(26)34)24-8-6-7-17(2)19(24)4/h6-15,30H,1-5H3,(H,29,32). The molecule has 1 aliphatic heterocycles. The first-order valence-electron chi connectivity index (χ1n) is 11.1. The zero-order valence-corrected chi connectivity index (χ0v) is 19.9. The molecule has 0 atom stereocenters. The molecule has 6 heteroatoms. The van der Waals surface area contributed by atoms with Crippen molar-refractivity contribution in [1.29, 1.82) is 0 Å². The van der Waals surface area contributed by atoms with Crippen LogP contribution in [0.3, 0.4) is 0 Å². The molecule has 0 saturated carbocycles. The average Bonchev–Trinajstić information content (AvgIpc) is 3.02. The number of carbonyl (C=O) groups is 3. The van der Waals surface area contributed by atoms with Crippen LogP contribution in [0.15, 0.2) is 66.4 Å². The summed E-state index contributed by atoms with van der Waals surface area (Å²) in [6, 6.07) is 18.4. The van der Waals surface area contributed by atoms with Gasteiger partial charge in [0.25, 0.3) is 11.8 Å². The van der Waals surface area contributed by atoms with Gasteiger partial charge in [0, 0.05) is 18.3 Å². The Labute approximate surface area is 199 Å². The maximum absolute atomic E-state index is 13.7. The summed E-state index contributed by atoms with van der Waals surface area (Å²) in [5, 5.41) is 5.97. The second-order valence-corrected chi connectivity index (χ2v) is 8.62. The lowest BCUT2D eigenvalue weighted by Crippen LogP contribution is -2.33. The van der Waals surface area contributed by atoms with E-state index in [1.807, 2.05) is 58.0 Å². The molecule has 172 valence electrons. The zero-order valence-electron chi connectivity index (χ0n) is 19.9. The summed E-state index contributed by atoms with van der Waals surface area (Å²) in [7, 11) is 0. The Morgan fingerprint density at radius 2 is 1.53 bits per heavy atom. The van der Waals surface area contributed by atoms with Crippen LogP contribution in [-0.4, -0.2) is 17.7 Å². The fraction of sp³-hybridized carbons (Fsp3) is 0.179. The van der Waals surface area contributed by atoms with Crippen LogP contribution in [0.25, 0.3) is 5.57 Å². The number of hydrogen-bond donors (Lipinski definition) is 2. The predicted molar refractivity (Wildman–Crippen MR) is 136 cm³/mol. The number of aryl methyl sites for hydroxylation is 3. The van der Waals surface area contributed by atoms with Crippen molar-refractivity contribution in [3.05, 3.63) is 94.2 Å². The largest absolute Gasteiger partial charge is 0.350 e. The summed E-state index contributed by atoms with van der Waals surface area (Å²) in [6.45, 7) is 9.26. The highest BCUT2D eigenvalue weighted by molar-refractivity contribution is 6.46. The van der Waals surface area contributed by atoms with Crippen molar-refractivity contribution in [3.63, 3.8) is 0 Å². The summed E-state index contributed by atoms with van der Waals surface area (Å²) >= 11 is 0. The van der Waals surface area contributed by atoms with Gasteiger partial charge in [-0.3, -0.25) is 14.4 Å². The number of anilines is 3. The summed E-state index contributed by atoms with van der Waals surface area (Å²) < 4.78 is 0. The van der Waals surface area contributed by atoms with Gasteiger partial charge in [0.1, 0.15) is 5.70 Å². The molecule has 1 heterocycles. The Bertz CT molecular complexity index is 1350. The lowest BCUT2D eigenvalue weighted by molar-refractivity contribution is -0.120. The monoisotopic (exact) mass is 453 g/mol. The molecule has 3 aromatic rings. The third kappa shape index (κ3) is 4.22. The molecule has 3 aromatic carbocycles. The van der Waals surface area contributed by atoms with Crippen LogP contribution in [0.1, 0.15) is 34.7 Å². The third-order valence-corrected chi connectivity index (χ3v) is 6.04. The SMILES string of the molecule is CC(=O)Nc1ccc(C2=C(Nc3ccc(C)cc3C)C(=O)N(c3cccc(C)c3C)C2=O)cc1. The van der Waals surface area contributed by atoms with Gasteiger partial charge in [0.15, 0.2) is 0 Å². The number of imide groups is 1. The molecule has 0 aliphatic carbocycles. The zero-order chi connectivity index (χ0) is 24.6. The molecule has 6 nitrogen and oxygen atoms in total. The van der Waals surface area contributed by atoms with E-state index in [2.05, 4.69) is 10.6 Å². The van der Waals surface area contributed by atoms with E-state index in [0.717, 1.165) is 27.9 Å². The molecule has 0 unspecified atom stereocenters. The minimum absolute atomic E-state index is 0.183. The molecular formula is C28H27N3O3. The predicted octanol–water partition coefficient (Wildman–Crippen LogP) is 5.28. The van der Waals surface area contributed by atoms with Crippen LogP contribution in [0.4, 0.5) is 17.1 Å². The number of carbonyl (C=O) groups excluding carboxylic acids is 3. The molecule has 0 spiro atoms. The van der Waals surface area contributed by atoms with Gasteiger partial charge >= 0.3 is 0 Å². The van der Waals surface area contributed by atoms with Crippen molar-refractivity contribution in [3.8, 4) is 0 Å². The summed E-state index contributed by atoms with van der Waals surface area (Å²) in [5.41, 5.74) is 7.00. The van der Waals surface area contributed by atoms with Crippen molar-refractivity contribution in [2.75, 3.05) is 15.5 Å². The van der Waals surface area contributed by atoms with Crippen molar-refractivity contribution in [2.24, 2.45) is 0 Å². The molecular weight excluding hydrogens is 426 g/mol. The summed E-state index contributed by atoms with van der Waals surface area (Å²) in [6.07, 6.45) is 0. The quantitative estimate of drug-likeness (QED) is 0.516. The second kappa shape index (κ2) is 8.98. The molecule has 34 heavy (non-hydrogen) atoms. The van der Waals surface area contributed by atoms with Crippen molar-refractivity contribution >= 4 is 40.4 Å². The fourth-order valence-electron chi connectivity index (χ4n) is 4.12. The molecule has 2 N–H and O–H groups in total. The first kappa shape index (κ1) is 23.0. The highest BCUT2D eigenvalue weighted by atomic mass is 16.2. The Balaban J connectivity index is 1.83. The van der Waals surface area contributed by atoms with E-state index in [9.17, 15) is 14.4 Å². The Morgan fingerprint density at radius 3 is 2.18 bits per heavy atom. The lowest BCUT2D eigenvalue weighted by Gasteiger charge is -2.19. The number of nitrogens with one attached hydrogen (secondary N) is 2. The number of amides is 3. The van der Waals surface area contributed by atoms with Gasteiger partial charge in [0.2, 0.25) is 5.91 Å². The van der Waals surface area contributed by atoms with Crippen LogP contribution in [0, 0.1) is 27.7 Å². The molecule has 1 aliphatic rings. The summed E-state index contributed by atoms with van der Waals surface area (Å²) in [5.74, 6) is -0.977. The minimum atomic E-state index is -0.403.